The van der Waals surface area contributed by atoms with Gasteiger partial charge in [-0.2, -0.15) is 4.98 Å². The number of anilines is 3. The Kier molecular flexibility index (Phi) is 7.65. The maximum Gasteiger partial charge on any atom is 0.232 e. The fraction of sp³-hybridized carbons (Fsp3) is 0.308. The third-order valence-corrected chi connectivity index (χ3v) is 5.17. The van der Waals surface area contributed by atoms with Crippen molar-refractivity contribution in [2.75, 3.05) is 30.9 Å². The van der Waals surface area contributed by atoms with Crippen LogP contribution in [0.15, 0.2) is 71.8 Å². The maximum atomic E-state index is 5.33. The van der Waals surface area contributed by atoms with E-state index in [2.05, 4.69) is 43.1 Å². The van der Waals surface area contributed by atoms with Crippen LogP contribution in [0, 0.1) is 0 Å². The number of allylic oxidation sites excluding steroid dienone is 3. The molecule has 2 aromatic carbocycles. The Morgan fingerprint density at radius 1 is 1.00 bits per heavy atom. The Bertz CT molecular complexity index is 1070. The molecule has 0 saturated carbocycles. The van der Waals surface area contributed by atoms with Gasteiger partial charge in [0.1, 0.15) is 11.6 Å². The van der Waals surface area contributed by atoms with Crippen molar-refractivity contribution in [3.8, 4) is 5.75 Å². The van der Waals surface area contributed by atoms with Crippen LogP contribution in [0.25, 0.3) is 10.9 Å². The molecule has 1 N–H and O–H groups in total. The first-order valence-corrected chi connectivity index (χ1v) is 10.7. The number of methoxy groups -OCH3 is 1. The summed E-state index contributed by atoms with van der Waals surface area (Å²) in [5.41, 5.74) is 4.65. The third kappa shape index (κ3) is 5.85. The Morgan fingerprint density at radius 2 is 1.74 bits per heavy atom. The lowest BCUT2D eigenvalue weighted by Gasteiger charge is -2.23. The summed E-state index contributed by atoms with van der Waals surface area (Å²) < 4.78 is 5.33. The first kappa shape index (κ1) is 22.3. The zero-order valence-corrected chi connectivity index (χ0v) is 19.1. The molecule has 0 aliphatic heterocycles. The van der Waals surface area contributed by atoms with Crippen LogP contribution in [-0.4, -0.2) is 30.7 Å². The van der Waals surface area contributed by atoms with Gasteiger partial charge in [-0.15, -0.1) is 0 Å². The number of para-hydroxylation sites is 1. The molecule has 0 bridgehead atoms. The lowest BCUT2D eigenvalue weighted by Crippen LogP contribution is -2.20. The van der Waals surface area contributed by atoms with Crippen molar-refractivity contribution >= 4 is 28.4 Å². The van der Waals surface area contributed by atoms with Crippen molar-refractivity contribution < 1.29 is 4.74 Å². The molecule has 1 heterocycles. The van der Waals surface area contributed by atoms with Crippen LogP contribution in [0.5, 0.6) is 5.75 Å². The standard InChI is InChI=1S/C26H32N4O/c1-19(2)9-8-10-20(3)17-18-30(21-13-15-22(31-5)16-14-21)26-28-24-12-7-6-11-23(24)25(27-4)29-26/h6-7,9,11-17H,8,10,18H2,1-5H3,(H,27,28,29). The van der Waals surface area contributed by atoms with Gasteiger partial charge in [-0.05, 0) is 70.0 Å². The second kappa shape index (κ2) is 10.6. The van der Waals surface area contributed by atoms with Gasteiger partial charge in [0.25, 0.3) is 0 Å². The predicted octanol–water partition coefficient (Wildman–Crippen LogP) is 6.51. The summed E-state index contributed by atoms with van der Waals surface area (Å²) >= 11 is 0. The molecule has 162 valence electrons. The molecule has 0 saturated heterocycles. The topological polar surface area (TPSA) is 50.3 Å². The molecule has 0 amide bonds. The Morgan fingerprint density at radius 3 is 2.42 bits per heavy atom. The molecule has 5 nitrogen and oxygen atoms in total. The smallest absolute Gasteiger partial charge is 0.232 e. The number of hydrogen-bond acceptors (Lipinski definition) is 5. The summed E-state index contributed by atoms with van der Waals surface area (Å²) in [6.07, 6.45) is 6.65. The molecule has 3 rings (SSSR count). The first-order chi connectivity index (χ1) is 15.0. The van der Waals surface area contributed by atoms with E-state index in [-0.39, 0.29) is 0 Å². The highest BCUT2D eigenvalue weighted by atomic mass is 16.5. The minimum Gasteiger partial charge on any atom is -0.497 e. The van der Waals surface area contributed by atoms with Crippen LogP contribution >= 0.6 is 0 Å². The van der Waals surface area contributed by atoms with Gasteiger partial charge in [0.2, 0.25) is 5.95 Å². The molecule has 0 radical (unpaired) electrons. The van der Waals surface area contributed by atoms with Gasteiger partial charge >= 0.3 is 0 Å². The second-order valence-electron chi connectivity index (χ2n) is 7.82. The minimum absolute atomic E-state index is 0.668. The molecule has 0 atom stereocenters. The summed E-state index contributed by atoms with van der Waals surface area (Å²) in [5, 5.41) is 4.23. The van der Waals surface area contributed by atoms with Crippen molar-refractivity contribution in [3.05, 3.63) is 71.8 Å². The first-order valence-electron chi connectivity index (χ1n) is 10.7. The molecule has 3 aromatic rings. The van der Waals surface area contributed by atoms with E-state index >= 15 is 0 Å². The molecule has 5 heteroatoms. The van der Waals surface area contributed by atoms with E-state index in [0.29, 0.717) is 12.5 Å². The molecule has 0 aliphatic carbocycles. The number of rotatable bonds is 9. The highest BCUT2D eigenvalue weighted by Gasteiger charge is 2.15. The van der Waals surface area contributed by atoms with Gasteiger partial charge < -0.3 is 15.0 Å². The third-order valence-electron chi connectivity index (χ3n) is 5.17. The lowest BCUT2D eigenvalue weighted by molar-refractivity contribution is 0.415. The van der Waals surface area contributed by atoms with Crippen LogP contribution in [-0.2, 0) is 0 Å². The summed E-state index contributed by atoms with van der Waals surface area (Å²) in [6, 6.07) is 16.1. The van der Waals surface area contributed by atoms with Crippen LogP contribution < -0.4 is 15.0 Å². The van der Waals surface area contributed by atoms with E-state index in [0.717, 1.165) is 41.0 Å². The number of ether oxygens (including phenoxy) is 1. The number of hydrogen-bond donors (Lipinski definition) is 1. The Balaban J connectivity index is 1.97. The van der Waals surface area contributed by atoms with Gasteiger partial charge in [0.05, 0.1) is 12.6 Å². The Labute approximate surface area is 185 Å². The summed E-state index contributed by atoms with van der Waals surface area (Å²) in [6.45, 7) is 7.15. The van der Waals surface area contributed by atoms with Crippen LogP contribution in [0.4, 0.5) is 17.5 Å². The van der Waals surface area contributed by atoms with E-state index < -0.39 is 0 Å². The van der Waals surface area contributed by atoms with Crippen LogP contribution in [0.2, 0.25) is 0 Å². The molecule has 0 aliphatic rings. The minimum atomic E-state index is 0.668. The molecule has 31 heavy (non-hydrogen) atoms. The van der Waals surface area contributed by atoms with E-state index in [1.54, 1.807) is 7.11 Å². The van der Waals surface area contributed by atoms with Gasteiger partial charge in [0.15, 0.2) is 0 Å². The average Bonchev–Trinajstić information content (AvgIpc) is 2.78. The zero-order chi connectivity index (χ0) is 22.2. The summed E-state index contributed by atoms with van der Waals surface area (Å²) in [5.74, 6) is 2.32. The second-order valence-corrected chi connectivity index (χ2v) is 7.82. The van der Waals surface area contributed by atoms with Gasteiger partial charge in [-0.3, -0.25) is 0 Å². The van der Waals surface area contributed by atoms with Crippen molar-refractivity contribution in [3.63, 3.8) is 0 Å². The normalized spacial score (nSPS) is 11.3. The average molecular weight is 417 g/mol. The predicted molar refractivity (Wildman–Crippen MR) is 132 cm³/mol. The fourth-order valence-electron chi connectivity index (χ4n) is 3.38. The van der Waals surface area contributed by atoms with E-state index in [9.17, 15) is 0 Å². The molecule has 0 spiro atoms. The SMILES string of the molecule is CNc1nc(N(CC=C(C)CCC=C(C)C)c2ccc(OC)cc2)nc2ccccc12. The summed E-state index contributed by atoms with van der Waals surface area (Å²) in [4.78, 5) is 11.8. The van der Waals surface area contributed by atoms with E-state index in [4.69, 9.17) is 14.7 Å². The Hall–Kier alpha value is -3.34. The molecular weight excluding hydrogens is 384 g/mol. The van der Waals surface area contributed by atoms with E-state index in [1.165, 1.54) is 11.1 Å². The van der Waals surface area contributed by atoms with Crippen molar-refractivity contribution in [1.29, 1.82) is 0 Å². The molecular formula is C26H32N4O. The fourth-order valence-corrected chi connectivity index (χ4v) is 3.38. The van der Waals surface area contributed by atoms with Crippen LogP contribution in [0.1, 0.15) is 33.6 Å². The van der Waals surface area contributed by atoms with Gasteiger partial charge in [-0.25, -0.2) is 4.98 Å². The van der Waals surface area contributed by atoms with Gasteiger partial charge in [0, 0.05) is 24.7 Å². The highest BCUT2D eigenvalue weighted by molar-refractivity contribution is 5.90. The van der Waals surface area contributed by atoms with E-state index in [1.807, 2.05) is 55.6 Å². The largest absolute Gasteiger partial charge is 0.497 e. The van der Waals surface area contributed by atoms with Gasteiger partial charge in [-0.1, -0.05) is 35.4 Å². The number of benzene rings is 2. The highest BCUT2D eigenvalue weighted by Crippen LogP contribution is 2.29. The molecule has 0 fully saturated rings. The quantitative estimate of drug-likeness (QED) is 0.403. The number of nitrogens with zero attached hydrogens (tertiary/aromatic N) is 3. The number of aromatic nitrogens is 2. The van der Waals surface area contributed by atoms with Crippen LogP contribution in [0.3, 0.4) is 0 Å². The monoisotopic (exact) mass is 416 g/mol. The molecule has 0 unspecified atom stereocenters. The zero-order valence-electron chi connectivity index (χ0n) is 19.1. The van der Waals surface area contributed by atoms with Crippen molar-refractivity contribution in [1.82, 2.24) is 9.97 Å². The summed E-state index contributed by atoms with van der Waals surface area (Å²) in [7, 11) is 3.57. The van der Waals surface area contributed by atoms with Crippen molar-refractivity contribution in [2.45, 2.75) is 33.6 Å². The maximum absolute atomic E-state index is 5.33. The number of nitrogens with one attached hydrogen (secondary N) is 1. The number of fused-ring (bicyclic) bond motifs is 1. The lowest BCUT2D eigenvalue weighted by atomic mass is 10.1. The van der Waals surface area contributed by atoms with Crippen molar-refractivity contribution in [2.24, 2.45) is 0 Å². The molecule has 1 aromatic heterocycles.